The topological polar surface area (TPSA) is 0 Å². The predicted octanol–water partition coefficient (Wildman–Crippen LogP) is 2.08. The minimum atomic E-state index is -0.858. The van der Waals surface area contributed by atoms with Gasteiger partial charge in [-0.15, -0.1) is 0 Å². The van der Waals surface area contributed by atoms with Gasteiger partial charge in [-0.2, -0.15) is 0 Å². The van der Waals surface area contributed by atoms with Crippen LogP contribution in [0.25, 0.3) is 0 Å². The molecule has 1 unspecified atom stereocenters. The second-order valence-electron chi connectivity index (χ2n) is 1.42. The molecule has 0 aromatic carbocycles. The van der Waals surface area contributed by atoms with Gasteiger partial charge in [0.15, 0.2) is 0 Å². The second kappa shape index (κ2) is 2.91. The zero-order valence-electron chi connectivity index (χ0n) is 3.93. The van der Waals surface area contributed by atoms with Crippen molar-refractivity contribution in [2.75, 3.05) is 5.75 Å². The number of hydrogen-bond acceptors (Lipinski definition) is 2. The summed E-state index contributed by atoms with van der Waals surface area (Å²) < 4.78 is 0. The Bertz CT molecular complexity index is 62.0. The zero-order valence-corrected chi connectivity index (χ0v) is 8.19. The van der Waals surface area contributed by atoms with Gasteiger partial charge in [0, 0.05) is 0 Å². The number of halogens is 1. The van der Waals surface area contributed by atoms with E-state index in [2.05, 4.69) is 6.92 Å². The molecule has 0 amide bonds. The molecule has 42 valence electrons. The molecular weight excluding hydrogens is 211 g/mol. The van der Waals surface area contributed by atoms with Crippen molar-refractivity contribution in [1.29, 1.82) is 0 Å². The summed E-state index contributed by atoms with van der Waals surface area (Å²) in [6.07, 6.45) is 0. The fourth-order valence-corrected chi connectivity index (χ4v) is 14.8. The molecule has 0 saturated carbocycles. The Morgan fingerprint density at radius 1 is 1.86 bits per heavy atom. The average Bonchev–Trinajstić information content (AvgIpc) is 1.87. The van der Waals surface area contributed by atoms with Gasteiger partial charge in [-0.05, 0) is 0 Å². The third kappa shape index (κ3) is 2.09. The van der Waals surface area contributed by atoms with E-state index in [1.807, 2.05) is 20.0 Å². The van der Waals surface area contributed by atoms with Crippen LogP contribution in [0.1, 0.15) is 6.92 Å². The first-order valence-corrected chi connectivity index (χ1v) is 10.9. The van der Waals surface area contributed by atoms with E-state index in [-0.39, 0.29) is 0 Å². The van der Waals surface area contributed by atoms with Crippen molar-refractivity contribution < 1.29 is 0 Å². The van der Waals surface area contributed by atoms with Crippen LogP contribution in [0.4, 0.5) is 0 Å². The van der Waals surface area contributed by atoms with Gasteiger partial charge in [0.1, 0.15) is 0 Å². The minimum absolute atomic E-state index is 0.836. The summed E-state index contributed by atoms with van der Waals surface area (Å²) >= 11 is -0.858. The van der Waals surface area contributed by atoms with Crippen molar-refractivity contribution in [2.45, 2.75) is 12.2 Å². The molecule has 1 saturated heterocycles. The van der Waals surface area contributed by atoms with E-state index in [4.69, 9.17) is 9.95 Å². The maximum absolute atomic E-state index is 5.88. The molecule has 7 heavy (non-hydrogen) atoms. The normalized spacial score (nSPS) is 42.0. The molecule has 0 N–H and O–H groups in total. The van der Waals surface area contributed by atoms with Crippen molar-refractivity contribution in [2.24, 2.45) is 0 Å². The summed E-state index contributed by atoms with van der Waals surface area (Å²) in [7, 11) is 9.85. The Hall–Kier alpha value is 1.55. The summed E-state index contributed by atoms with van der Waals surface area (Å²) in [6, 6.07) is 0. The first-order chi connectivity index (χ1) is 3.29. The summed E-state index contributed by atoms with van der Waals surface area (Å²) in [6.45, 7) is 2.24. The molecule has 0 radical (unpaired) electrons. The van der Waals surface area contributed by atoms with E-state index in [0.29, 0.717) is 0 Å². The van der Waals surface area contributed by atoms with Crippen molar-refractivity contribution in [3.05, 3.63) is 0 Å². The van der Waals surface area contributed by atoms with Crippen LogP contribution in [0, 0.1) is 0 Å². The van der Waals surface area contributed by atoms with E-state index in [1.165, 1.54) is 5.75 Å². The number of hydrogen-bond donors (Lipinski definition) is 0. The first-order valence-electron chi connectivity index (χ1n) is 2.04. The molecule has 1 aliphatic heterocycles. The molecule has 1 fully saturated rings. The van der Waals surface area contributed by atoms with Gasteiger partial charge in [0.05, 0.1) is 0 Å². The summed E-state index contributed by atoms with van der Waals surface area (Å²) in [4.78, 5) is 0. The molecule has 2 atom stereocenters. The molecule has 0 aliphatic carbocycles. The molecule has 0 spiro atoms. The zero-order chi connectivity index (χ0) is 5.28. The summed E-state index contributed by atoms with van der Waals surface area (Å²) in [5.74, 6) is 1.29. The van der Waals surface area contributed by atoms with Crippen LogP contribution in [-0.2, 0) is 0 Å². The van der Waals surface area contributed by atoms with Crippen LogP contribution in [0.3, 0.4) is 0 Å². The van der Waals surface area contributed by atoms with Gasteiger partial charge in [0.2, 0.25) is 0 Å². The Kier molecular flexibility index (Phi) is 2.77. The van der Waals surface area contributed by atoms with E-state index in [0.717, 1.165) is 5.25 Å². The average molecular weight is 217 g/mol. The van der Waals surface area contributed by atoms with Crippen LogP contribution >= 0.6 is 30.0 Å². The third-order valence-electron chi connectivity index (χ3n) is 0.674. The van der Waals surface area contributed by atoms with Gasteiger partial charge in [-0.1, -0.05) is 0 Å². The molecular formula is C3H6AsClS2. The van der Waals surface area contributed by atoms with Gasteiger partial charge in [-0.25, -0.2) is 0 Å². The summed E-state index contributed by atoms with van der Waals surface area (Å²) in [5, 5.41) is 0.836. The monoisotopic (exact) mass is 216 g/mol. The van der Waals surface area contributed by atoms with E-state index < -0.39 is 11.4 Å². The molecule has 4 heteroatoms. The molecule has 1 rings (SSSR count). The van der Waals surface area contributed by atoms with Crippen molar-refractivity contribution in [3.8, 4) is 0 Å². The van der Waals surface area contributed by atoms with Gasteiger partial charge < -0.3 is 0 Å². The van der Waals surface area contributed by atoms with Gasteiger partial charge in [-0.3, -0.25) is 0 Å². The molecule has 0 bridgehead atoms. The fraction of sp³-hybridized carbons (Fsp3) is 1.00. The predicted molar refractivity (Wildman–Crippen MR) is 41.1 cm³/mol. The van der Waals surface area contributed by atoms with E-state index in [9.17, 15) is 0 Å². The van der Waals surface area contributed by atoms with Crippen molar-refractivity contribution >= 4 is 41.4 Å². The number of rotatable bonds is 0. The molecule has 1 aliphatic rings. The van der Waals surface area contributed by atoms with Crippen LogP contribution in [0.2, 0.25) is 0 Å². The Labute approximate surface area is 59.1 Å². The third-order valence-corrected chi connectivity index (χ3v) is 13.7. The molecule has 0 nitrogen and oxygen atoms in total. The molecule has 0 aromatic rings. The van der Waals surface area contributed by atoms with E-state index in [1.54, 1.807) is 0 Å². The standard InChI is InChI=1S/C3H6AsClS2/c1-3-2-6-4(5)7-3/h3H,2H2,1H3/t3-,4?/m1/s1. The van der Waals surface area contributed by atoms with Gasteiger partial charge >= 0.3 is 59.3 Å². The Balaban J connectivity index is 2.26. The summed E-state index contributed by atoms with van der Waals surface area (Å²) in [5.41, 5.74) is 0. The van der Waals surface area contributed by atoms with Gasteiger partial charge in [0.25, 0.3) is 0 Å². The van der Waals surface area contributed by atoms with Crippen LogP contribution < -0.4 is 0 Å². The van der Waals surface area contributed by atoms with E-state index >= 15 is 0 Å². The fourth-order valence-electron chi connectivity index (χ4n) is 0.366. The SMILES string of the molecule is C[C@@H]1CS[As](Cl)S1. The Morgan fingerprint density at radius 2 is 2.57 bits per heavy atom. The van der Waals surface area contributed by atoms with Crippen LogP contribution in [-0.4, -0.2) is 22.4 Å². The first kappa shape index (κ1) is 6.67. The maximum atomic E-state index is 5.88. The van der Waals surface area contributed by atoms with Crippen molar-refractivity contribution in [3.63, 3.8) is 0 Å². The molecule has 0 aromatic heterocycles. The quantitative estimate of drug-likeness (QED) is 0.569. The van der Waals surface area contributed by atoms with Crippen LogP contribution in [0.15, 0.2) is 0 Å². The van der Waals surface area contributed by atoms with Crippen molar-refractivity contribution in [1.82, 2.24) is 0 Å². The Morgan fingerprint density at radius 3 is 2.71 bits per heavy atom. The second-order valence-corrected chi connectivity index (χ2v) is 15.7. The van der Waals surface area contributed by atoms with Crippen LogP contribution in [0.5, 0.6) is 0 Å². The molecule has 1 heterocycles.